The maximum absolute atomic E-state index is 12.4. The second-order valence-electron chi connectivity index (χ2n) is 7.69. The van der Waals surface area contributed by atoms with Crippen molar-refractivity contribution in [3.05, 3.63) is 71.3 Å². The standard InChI is InChI=1S/C23H28N2O/c1-19(26)25-16-12-21-9-5-6-10-22(21)23(25)13-17-24(18-14-23)15-11-20-7-3-2-4-8-20/h2-10H,11-18H2,1H3. The van der Waals surface area contributed by atoms with Crippen LogP contribution in [0.2, 0.25) is 0 Å². The Morgan fingerprint density at radius 2 is 1.65 bits per heavy atom. The SMILES string of the molecule is CC(=O)N1CCc2ccccc2C12CCN(CCc1ccccc1)CC2. The number of benzene rings is 2. The second-order valence-corrected chi connectivity index (χ2v) is 7.69. The third-order valence-electron chi connectivity index (χ3n) is 6.26. The molecule has 2 heterocycles. The summed E-state index contributed by atoms with van der Waals surface area (Å²) in [6, 6.07) is 19.5. The lowest BCUT2D eigenvalue weighted by atomic mass is 9.74. The molecule has 1 amide bonds. The Morgan fingerprint density at radius 1 is 0.962 bits per heavy atom. The molecule has 2 aliphatic rings. The number of nitrogens with zero attached hydrogens (tertiary/aromatic N) is 2. The molecule has 0 bridgehead atoms. The molecule has 1 spiro atoms. The average Bonchev–Trinajstić information content (AvgIpc) is 2.68. The van der Waals surface area contributed by atoms with E-state index in [0.717, 1.165) is 51.9 Å². The normalized spacial score (nSPS) is 19.3. The lowest BCUT2D eigenvalue weighted by molar-refractivity contribution is -0.139. The van der Waals surface area contributed by atoms with Crippen molar-refractivity contribution in [2.45, 2.75) is 38.1 Å². The molecule has 136 valence electrons. The molecular weight excluding hydrogens is 320 g/mol. The molecule has 26 heavy (non-hydrogen) atoms. The second kappa shape index (κ2) is 7.24. The molecule has 2 aromatic rings. The van der Waals surface area contributed by atoms with Gasteiger partial charge in [0.2, 0.25) is 5.91 Å². The van der Waals surface area contributed by atoms with Crippen LogP contribution in [0, 0.1) is 0 Å². The molecule has 0 aliphatic carbocycles. The largest absolute Gasteiger partial charge is 0.333 e. The molecule has 0 saturated carbocycles. The number of piperidine rings is 1. The number of amides is 1. The number of carbonyl (C=O) groups is 1. The van der Waals surface area contributed by atoms with Crippen molar-refractivity contribution >= 4 is 5.91 Å². The van der Waals surface area contributed by atoms with Crippen molar-refractivity contribution in [3.63, 3.8) is 0 Å². The van der Waals surface area contributed by atoms with Crippen LogP contribution in [-0.2, 0) is 23.2 Å². The van der Waals surface area contributed by atoms with E-state index in [2.05, 4.69) is 64.4 Å². The topological polar surface area (TPSA) is 23.6 Å². The van der Waals surface area contributed by atoms with Crippen molar-refractivity contribution < 1.29 is 4.79 Å². The predicted octanol–water partition coefficient (Wildman–Crippen LogP) is 3.63. The Labute approximate surface area is 156 Å². The van der Waals surface area contributed by atoms with E-state index in [0.29, 0.717) is 0 Å². The molecule has 1 saturated heterocycles. The molecule has 3 nitrogen and oxygen atoms in total. The highest BCUT2D eigenvalue weighted by molar-refractivity contribution is 5.75. The predicted molar refractivity (Wildman–Crippen MR) is 105 cm³/mol. The van der Waals surface area contributed by atoms with Crippen molar-refractivity contribution in [3.8, 4) is 0 Å². The average molecular weight is 348 g/mol. The number of hydrogen-bond donors (Lipinski definition) is 0. The van der Waals surface area contributed by atoms with E-state index < -0.39 is 0 Å². The summed E-state index contributed by atoms with van der Waals surface area (Å²) in [4.78, 5) is 17.1. The Balaban J connectivity index is 1.49. The summed E-state index contributed by atoms with van der Waals surface area (Å²) < 4.78 is 0. The quantitative estimate of drug-likeness (QED) is 0.846. The summed E-state index contributed by atoms with van der Waals surface area (Å²) in [5.74, 6) is 0.220. The number of carbonyl (C=O) groups excluding carboxylic acids is 1. The zero-order chi connectivity index (χ0) is 18.0. The molecule has 2 aliphatic heterocycles. The fourth-order valence-corrected chi connectivity index (χ4v) is 4.86. The van der Waals surface area contributed by atoms with Crippen LogP contribution in [0.3, 0.4) is 0 Å². The van der Waals surface area contributed by atoms with E-state index >= 15 is 0 Å². The van der Waals surface area contributed by atoms with Crippen molar-refractivity contribution in [2.24, 2.45) is 0 Å². The summed E-state index contributed by atoms with van der Waals surface area (Å²) in [6.07, 6.45) is 4.16. The monoisotopic (exact) mass is 348 g/mol. The maximum atomic E-state index is 12.4. The highest BCUT2D eigenvalue weighted by Gasteiger charge is 2.45. The van der Waals surface area contributed by atoms with Gasteiger partial charge in [0.25, 0.3) is 0 Å². The van der Waals surface area contributed by atoms with E-state index in [4.69, 9.17) is 0 Å². The lowest BCUT2D eigenvalue weighted by Crippen LogP contribution is -2.57. The van der Waals surface area contributed by atoms with Gasteiger partial charge in [-0.3, -0.25) is 4.79 Å². The highest BCUT2D eigenvalue weighted by Crippen LogP contribution is 2.43. The molecule has 0 N–H and O–H groups in total. The summed E-state index contributed by atoms with van der Waals surface area (Å²) in [6.45, 7) is 5.81. The van der Waals surface area contributed by atoms with Crippen LogP contribution in [0.25, 0.3) is 0 Å². The molecule has 0 radical (unpaired) electrons. The molecule has 0 unspecified atom stereocenters. The minimum atomic E-state index is -0.0933. The summed E-state index contributed by atoms with van der Waals surface area (Å²) in [5, 5.41) is 0. The van der Waals surface area contributed by atoms with Gasteiger partial charge in [0.05, 0.1) is 5.54 Å². The highest BCUT2D eigenvalue weighted by atomic mass is 16.2. The molecule has 0 atom stereocenters. The Bertz CT molecular complexity index is 763. The number of fused-ring (bicyclic) bond motifs is 2. The van der Waals surface area contributed by atoms with Gasteiger partial charge in [-0.05, 0) is 42.4 Å². The Morgan fingerprint density at radius 3 is 2.38 bits per heavy atom. The zero-order valence-corrected chi connectivity index (χ0v) is 15.7. The van der Waals surface area contributed by atoms with Crippen LogP contribution in [0.15, 0.2) is 54.6 Å². The van der Waals surface area contributed by atoms with E-state index in [1.807, 2.05) is 0 Å². The van der Waals surface area contributed by atoms with Crippen LogP contribution in [0.1, 0.15) is 36.5 Å². The first-order valence-electron chi connectivity index (χ1n) is 9.82. The molecule has 1 fully saturated rings. The van der Waals surface area contributed by atoms with Crippen LogP contribution >= 0.6 is 0 Å². The van der Waals surface area contributed by atoms with Gasteiger partial charge in [0.15, 0.2) is 0 Å². The van der Waals surface area contributed by atoms with Crippen molar-refractivity contribution in [2.75, 3.05) is 26.2 Å². The van der Waals surface area contributed by atoms with Gasteiger partial charge in [-0.2, -0.15) is 0 Å². The van der Waals surface area contributed by atoms with E-state index in [-0.39, 0.29) is 11.4 Å². The number of hydrogen-bond acceptors (Lipinski definition) is 2. The lowest BCUT2D eigenvalue weighted by Gasteiger charge is -2.52. The van der Waals surface area contributed by atoms with Gasteiger partial charge in [-0.25, -0.2) is 0 Å². The summed E-state index contributed by atoms with van der Waals surface area (Å²) in [5.41, 5.74) is 4.14. The van der Waals surface area contributed by atoms with E-state index in [1.165, 1.54) is 16.7 Å². The van der Waals surface area contributed by atoms with Crippen LogP contribution in [-0.4, -0.2) is 41.9 Å². The third kappa shape index (κ3) is 3.16. The van der Waals surface area contributed by atoms with Crippen LogP contribution in [0.4, 0.5) is 0 Å². The molecular formula is C23H28N2O. The third-order valence-corrected chi connectivity index (χ3v) is 6.26. The smallest absolute Gasteiger partial charge is 0.220 e. The summed E-state index contributed by atoms with van der Waals surface area (Å²) >= 11 is 0. The maximum Gasteiger partial charge on any atom is 0.220 e. The van der Waals surface area contributed by atoms with Crippen LogP contribution in [0.5, 0.6) is 0 Å². The van der Waals surface area contributed by atoms with Gasteiger partial charge in [-0.1, -0.05) is 54.6 Å². The Hall–Kier alpha value is -2.13. The first kappa shape index (κ1) is 17.3. The van der Waals surface area contributed by atoms with Gasteiger partial charge >= 0.3 is 0 Å². The Kier molecular flexibility index (Phi) is 4.82. The first-order valence-corrected chi connectivity index (χ1v) is 9.82. The minimum absolute atomic E-state index is 0.0933. The zero-order valence-electron chi connectivity index (χ0n) is 15.7. The molecule has 0 aromatic heterocycles. The van der Waals surface area contributed by atoms with Crippen LogP contribution < -0.4 is 0 Å². The van der Waals surface area contributed by atoms with Gasteiger partial charge in [-0.15, -0.1) is 0 Å². The fourth-order valence-electron chi connectivity index (χ4n) is 4.86. The molecule has 3 heteroatoms. The van der Waals surface area contributed by atoms with Gasteiger partial charge in [0, 0.05) is 33.1 Å². The van der Waals surface area contributed by atoms with E-state index in [9.17, 15) is 4.79 Å². The minimum Gasteiger partial charge on any atom is -0.333 e. The van der Waals surface area contributed by atoms with E-state index in [1.54, 1.807) is 6.92 Å². The number of rotatable bonds is 3. The van der Waals surface area contributed by atoms with Gasteiger partial charge < -0.3 is 9.80 Å². The summed E-state index contributed by atoms with van der Waals surface area (Å²) in [7, 11) is 0. The first-order chi connectivity index (χ1) is 12.7. The molecule has 2 aromatic carbocycles. The van der Waals surface area contributed by atoms with Gasteiger partial charge in [0.1, 0.15) is 0 Å². The molecule has 4 rings (SSSR count). The van der Waals surface area contributed by atoms with Crippen molar-refractivity contribution in [1.82, 2.24) is 9.80 Å². The van der Waals surface area contributed by atoms with Crippen molar-refractivity contribution in [1.29, 1.82) is 0 Å². The number of likely N-dealkylation sites (tertiary alicyclic amines) is 1. The fraction of sp³-hybridized carbons (Fsp3) is 0.435.